The van der Waals surface area contributed by atoms with Crippen molar-refractivity contribution in [2.24, 2.45) is 5.92 Å². The van der Waals surface area contributed by atoms with Crippen LogP contribution in [0.2, 0.25) is 0 Å². The van der Waals surface area contributed by atoms with Gasteiger partial charge in [0, 0.05) is 45.3 Å². The number of sulfonamides is 1. The fourth-order valence-corrected chi connectivity index (χ4v) is 6.02. The van der Waals surface area contributed by atoms with Gasteiger partial charge in [-0.2, -0.15) is 4.31 Å². The number of hydrogen-bond acceptors (Lipinski definition) is 4. The average Bonchev–Trinajstić information content (AvgIpc) is 2.69. The minimum atomic E-state index is -3.49. The van der Waals surface area contributed by atoms with Crippen LogP contribution in [-0.4, -0.2) is 61.9 Å². The van der Waals surface area contributed by atoms with Gasteiger partial charge in [0.2, 0.25) is 15.9 Å². The van der Waals surface area contributed by atoms with Crippen molar-refractivity contribution in [3.8, 4) is 0 Å². The predicted octanol–water partition coefficient (Wildman–Crippen LogP) is 3.07. The number of nitrogens with zero attached hydrogens (tertiary/aromatic N) is 2. The largest absolute Gasteiger partial charge is 0.381 e. The highest BCUT2D eigenvalue weighted by molar-refractivity contribution is 7.89. The summed E-state index contributed by atoms with van der Waals surface area (Å²) < 4.78 is 33.1. The van der Waals surface area contributed by atoms with E-state index in [4.69, 9.17) is 4.74 Å². The third kappa shape index (κ3) is 5.38. The number of amides is 1. The molecule has 1 aromatic carbocycles. The molecule has 2 aliphatic rings. The topological polar surface area (TPSA) is 66.9 Å². The molecule has 2 aliphatic heterocycles. The van der Waals surface area contributed by atoms with Gasteiger partial charge < -0.3 is 9.64 Å². The normalized spacial score (nSPS) is 20.1. The maximum Gasteiger partial charge on any atom is 0.243 e. The van der Waals surface area contributed by atoms with Gasteiger partial charge in [0.25, 0.3) is 0 Å². The molecule has 0 unspecified atom stereocenters. The minimum Gasteiger partial charge on any atom is -0.381 e. The first kappa shape index (κ1) is 22.2. The van der Waals surface area contributed by atoms with Crippen LogP contribution >= 0.6 is 0 Å². The van der Waals surface area contributed by atoms with Crippen LogP contribution < -0.4 is 0 Å². The lowest BCUT2D eigenvalue weighted by atomic mass is 9.99. The molecule has 7 heteroatoms. The van der Waals surface area contributed by atoms with E-state index in [1.165, 1.54) is 0 Å². The van der Waals surface area contributed by atoms with Gasteiger partial charge in [0.1, 0.15) is 0 Å². The molecule has 3 rings (SSSR count). The van der Waals surface area contributed by atoms with Crippen LogP contribution in [0.15, 0.2) is 29.2 Å². The summed E-state index contributed by atoms with van der Waals surface area (Å²) in [6.07, 6.45) is 4.03. The molecule has 0 spiro atoms. The van der Waals surface area contributed by atoms with E-state index in [0.717, 1.165) is 24.8 Å². The van der Waals surface area contributed by atoms with E-state index in [0.29, 0.717) is 50.0 Å². The van der Waals surface area contributed by atoms with Crippen LogP contribution in [0.3, 0.4) is 0 Å². The van der Waals surface area contributed by atoms with Gasteiger partial charge in [-0.15, -0.1) is 0 Å². The smallest absolute Gasteiger partial charge is 0.243 e. The first-order chi connectivity index (χ1) is 13.8. The Labute approximate surface area is 175 Å². The van der Waals surface area contributed by atoms with Crippen LogP contribution in [0.5, 0.6) is 0 Å². The molecule has 0 N–H and O–H groups in total. The van der Waals surface area contributed by atoms with Crippen LogP contribution in [-0.2, 0) is 26.0 Å². The number of hydrogen-bond donors (Lipinski definition) is 0. The van der Waals surface area contributed by atoms with Crippen LogP contribution in [0.1, 0.15) is 52.0 Å². The lowest BCUT2D eigenvalue weighted by molar-refractivity contribution is -0.137. The molecule has 0 atom stereocenters. The predicted molar refractivity (Wildman–Crippen MR) is 113 cm³/mol. The highest BCUT2D eigenvalue weighted by atomic mass is 32.2. The molecule has 2 saturated heterocycles. The van der Waals surface area contributed by atoms with E-state index < -0.39 is 10.0 Å². The highest BCUT2D eigenvalue weighted by Gasteiger charge is 2.35. The zero-order valence-electron chi connectivity index (χ0n) is 17.8. The van der Waals surface area contributed by atoms with Crippen molar-refractivity contribution >= 4 is 15.9 Å². The number of ether oxygens (including phenoxy) is 1. The van der Waals surface area contributed by atoms with Crippen LogP contribution in [0, 0.1) is 5.92 Å². The third-order valence-corrected chi connectivity index (χ3v) is 7.88. The molecule has 2 heterocycles. The summed E-state index contributed by atoms with van der Waals surface area (Å²) in [5, 5.41) is 0. The molecule has 0 radical (unpaired) electrons. The minimum absolute atomic E-state index is 0.0824. The summed E-state index contributed by atoms with van der Waals surface area (Å²) in [5.41, 5.74) is 1.16. The van der Waals surface area contributed by atoms with Crippen LogP contribution in [0.25, 0.3) is 0 Å². The fourth-order valence-electron chi connectivity index (χ4n) is 4.55. The molecule has 2 fully saturated rings. The molecule has 0 aliphatic carbocycles. The molecule has 0 aromatic heterocycles. The molecule has 1 amide bonds. The van der Waals surface area contributed by atoms with Crippen molar-refractivity contribution in [1.82, 2.24) is 9.21 Å². The monoisotopic (exact) mass is 422 g/mol. The average molecular weight is 423 g/mol. The lowest BCUT2D eigenvalue weighted by Crippen LogP contribution is -2.53. The summed E-state index contributed by atoms with van der Waals surface area (Å²) in [7, 11) is -3.49. The van der Waals surface area contributed by atoms with Gasteiger partial charge >= 0.3 is 0 Å². The lowest BCUT2D eigenvalue weighted by Gasteiger charge is -2.43. The Morgan fingerprint density at radius 2 is 1.62 bits per heavy atom. The van der Waals surface area contributed by atoms with Gasteiger partial charge in [-0.3, -0.25) is 4.79 Å². The quantitative estimate of drug-likeness (QED) is 0.707. The van der Waals surface area contributed by atoms with Crippen molar-refractivity contribution in [2.75, 3.05) is 26.3 Å². The van der Waals surface area contributed by atoms with Gasteiger partial charge in [-0.25, -0.2) is 8.42 Å². The van der Waals surface area contributed by atoms with E-state index in [9.17, 15) is 13.2 Å². The number of carbonyl (C=O) groups is 1. The van der Waals surface area contributed by atoms with Gasteiger partial charge in [-0.05, 0) is 55.7 Å². The first-order valence-corrected chi connectivity index (χ1v) is 12.2. The molecule has 29 heavy (non-hydrogen) atoms. The molecule has 0 saturated carbocycles. The first-order valence-electron chi connectivity index (χ1n) is 10.7. The Bertz CT molecular complexity index is 778. The summed E-state index contributed by atoms with van der Waals surface area (Å²) in [5.74, 6) is 0.621. The van der Waals surface area contributed by atoms with E-state index >= 15 is 0 Å². The van der Waals surface area contributed by atoms with Crippen molar-refractivity contribution in [3.05, 3.63) is 29.8 Å². The summed E-state index contributed by atoms with van der Waals surface area (Å²) in [6, 6.07) is 7.61. The van der Waals surface area contributed by atoms with Crippen LogP contribution in [0.4, 0.5) is 0 Å². The molecular weight excluding hydrogens is 388 g/mol. The Kier molecular flexibility index (Phi) is 7.35. The molecule has 6 nitrogen and oxygen atoms in total. The van der Waals surface area contributed by atoms with Crippen molar-refractivity contribution in [2.45, 2.75) is 69.9 Å². The van der Waals surface area contributed by atoms with Crippen molar-refractivity contribution in [3.63, 3.8) is 0 Å². The maximum atomic E-state index is 13.1. The van der Waals surface area contributed by atoms with Gasteiger partial charge in [0.15, 0.2) is 0 Å². The standard InChI is InChI=1S/C22H34N2O4S/c1-17(2)16-19-4-6-22(7-5-19)29(26,27)23-12-8-20(9-13-23)24(18(3)25)21-10-14-28-15-11-21/h4-7,17,20-21H,8-16H2,1-3H3. The number of carbonyl (C=O) groups excluding carboxylic acids is 1. The zero-order chi connectivity index (χ0) is 21.0. The molecule has 0 bridgehead atoms. The second-order valence-electron chi connectivity index (χ2n) is 8.65. The van der Waals surface area contributed by atoms with E-state index in [2.05, 4.69) is 13.8 Å². The Morgan fingerprint density at radius 3 is 2.14 bits per heavy atom. The number of rotatable bonds is 6. The summed E-state index contributed by atoms with van der Waals surface area (Å²) in [6.45, 7) is 8.21. The van der Waals surface area contributed by atoms with Crippen molar-refractivity contribution in [1.29, 1.82) is 0 Å². The summed E-state index contributed by atoms with van der Waals surface area (Å²) >= 11 is 0. The third-order valence-electron chi connectivity index (χ3n) is 5.97. The summed E-state index contributed by atoms with van der Waals surface area (Å²) in [4.78, 5) is 14.7. The Morgan fingerprint density at radius 1 is 1.07 bits per heavy atom. The fraction of sp³-hybridized carbons (Fsp3) is 0.682. The van der Waals surface area contributed by atoms with E-state index in [-0.39, 0.29) is 18.0 Å². The molecule has 1 aromatic rings. The zero-order valence-corrected chi connectivity index (χ0v) is 18.7. The van der Waals surface area contributed by atoms with Gasteiger partial charge in [-0.1, -0.05) is 26.0 Å². The Balaban J connectivity index is 1.64. The number of piperidine rings is 1. The molecular formula is C22H34N2O4S. The van der Waals surface area contributed by atoms with E-state index in [1.807, 2.05) is 17.0 Å². The maximum absolute atomic E-state index is 13.1. The van der Waals surface area contributed by atoms with E-state index in [1.54, 1.807) is 23.4 Å². The SMILES string of the molecule is CC(=O)N(C1CCOCC1)C1CCN(S(=O)(=O)c2ccc(CC(C)C)cc2)CC1. The number of benzene rings is 1. The second kappa shape index (κ2) is 9.58. The van der Waals surface area contributed by atoms with Crippen molar-refractivity contribution < 1.29 is 17.9 Å². The second-order valence-corrected chi connectivity index (χ2v) is 10.6. The highest BCUT2D eigenvalue weighted by Crippen LogP contribution is 2.27. The molecule has 162 valence electrons. The Hall–Kier alpha value is -1.44. The van der Waals surface area contributed by atoms with Gasteiger partial charge in [0.05, 0.1) is 4.90 Å².